The van der Waals surface area contributed by atoms with Gasteiger partial charge in [0.25, 0.3) is 0 Å². The number of benzene rings is 1. The molecule has 0 aliphatic carbocycles. The molecule has 8 heteroatoms. The second-order valence-electron chi connectivity index (χ2n) is 8.57. The highest BCUT2D eigenvalue weighted by Gasteiger charge is 2.41. The van der Waals surface area contributed by atoms with Gasteiger partial charge in [-0.3, -0.25) is 9.78 Å². The number of ether oxygens (including phenoxy) is 1. The molecule has 0 spiro atoms. The lowest BCUT2D eigenvalue weighted by molar-refractivity contribution is -0.143. The zero-order chi connectivity index (χ0) is 24.2. The maximum absolute atomic E-state index is 13.2. The Morgan fingerprint density at radius 1 is 1.12 bits per heavy atom. The van der Waals surface area contributed by atoms with Crippen LogP contribution in [0.3, 0.4) is 0 Å². The summed E-state index contributed by atoms with van der Waals surface area (Å²) in [5, 5.41) is 5.66. The third kappa shape index (κ3) is 5.22. The number of rotatable bonds is 7. The minimum atomic E-state index is -0.423. The van der Waals surface area contributed by atoms with Crippen molar-refractivity contribution in [2.24, 2.45) is 4.99 Å². The van der Waals surface area contributed by atoms with Crippen molar-refractivity contribution in [1.29, 1.82) is 0 Å². The number of hydrogen-bond donors (Lipinski definition) is 1. The average molecular weight is 477 g/mol. The maximum Gasteiger partial charge on any atom is 0.338 e. The first-order valence-corrected chi connectivity index (χ1v) is 12.1. The zero-order valence-electron chi connectivity index (χ0n) is 19.7. The Bertz CT molecular complexity index is 1170. The first-order valence-electron chi connectivity index (χ1n) is 11.2. The maximum atomic E-state index is 13.2. The lowest BCUT2D eigenvalue weighted by Crippen LogP contribution is -2.38. The molecule has 176 valence electrons. The molecule has 0 saturated carbocycles. The molecule has 0 radical (unpaired) electrons. The van der Waals surface area contributed by atoms with Gasteiger partial charge in [-0.2, -0.15) is 0 Å². The Balaban J connectivity index is 1.61. The summed E-state index contributed by atoms with van der Waals surface area (Å²) >= 11 is 1.46. The molecular weight excluding hydrogens is 448 g/mol. The van der Waals surface area contributed by atoms with Crippen molar-refractivity contribution in [3.63, 3.8) is 0 Å². The highest BCUT2D eigenvalue weighted by Crippen LogP contribution is 2.44. The molecule has 34 heavy (non-hydrogen) atoms. The molecule has 1 unspecified atom stereocenters. The van der Waals surface area contributed by atoms with Crippen molar-refractivity contribution in [2.45, 2.75) is 52.8 Å². The number of amidine groups is 1. The van der Waals surface area contributed by atoms with E-state index in [0.717, 1.165) is 27.6 Å². The first-order chi connectivity index (χ1) is 16.3. The summed E-state index contributed by atoms with van der Waals surface area (Å²) in [4.78, 5) is 36.7. The Labute approximate surface area is 204 Å². The van der Waals surface area contributed by atoms with E-state index in [1.807, 2.05) is 74.4 Å². The van der Waals surface area contributed by atoms with Crippen LogP contribution in [-0.2, 0) is 20.9 Å². The van der Waals surface area contributed by atoms with Gasteiger partial charge in [0, 0.05) is 24.6 Å². The van der Waals surface area contributed by atoms with E-state index in [1.165, 1.54) is 11.8 Å². The monoisotopic (exact) mass is 476 g/mol. The van der Waals surface area contributed by atoms with Gasteiger partial charge < -0.3 is 15.0 Å². The van der Waals surface area contributed by atoms with Gasteiger partial charge in [-0.05, 0) is 56.4 Å². The molecule has 7 nitrogen and oxygen atoms in total. The number of aromatic nitrogens is 1. The lowest BCUT2D eigenvalue weighted by Gasteiger charge is -2.36. The van der Waals surface area contributed by atoms with E-state index in [9.17, 15) is 9.59 Å². The van der Waals surface area contributed by atoms with E-state index in [-0.39, 0.29) is 24.4 Å². The molecule has 1 amide bonds. The third-order valence-corrected chi connectivity index (χ3v) is 6.43. The SMILES string of the molecule is CC1=C(C(=O)OC(C)C)C(c2ccc(C)cc2)N2C(CC(=O)NCc3ccncc3)=CSC2=N1. The van der Waals surface area contributed by atoms with Crippen LogP contribution in [0.2, 0.25) is 0 Å². The number of allylic oxidation sites excluding steroid dienone is 1. The molecule has 3 heterocycles. The van der Waals surface area contributed by atoms with Gasteiger partial charge in [0.05, 0.1) is 29.8 Å². The fourth-order valence-corrected chi connectivity index (χ4v) is 4.86. The van der Waals surface area contributed by atoms with Gasteiger partial charge in [-0.1, -0.05) is 41.6 Å². The Morgan fingerprint density at radius 2 is 1.82 bits per heavy atom. The molecule has 2 aliphatic rings. The van der Waals surface area contributed by atoms with Crippen LogP contribution in [0.15, 0.2) is 76.2 Å². The standard InChI is InChI=1S/C26H28N4O3S/c1-16(2)33-25(32)23-18(4)29-26-30(24(23)20-7-5-17(3)6-8-20)21(15-34-26)13-22(31)28-14-19-9-11-27-12-10-19/h5-12,15-16,24H,13-14H2,1-4H3,(H,28,31). The Kier molecular flexibility index (Phi) is 7.17. The van der Waals surface area contributed by atoms with Crippen molar-refractivity contribution < 1.29 is 14.3 Å². The summed E-state index contributed by atoms with van der Waals surface area (Å²) in [6, 6.07) is 11.4. The van der Waals surface area contributed by atoms with Crippen LogP contribution in [0, 0.1) is 6.92 Å². The Morgan fingerprint density at radius 3 is 2.50 bits per heavy atom. The number of amides is 1. The summed E-state index contributed by atoms with van der Waals surface area (Å²) in [5.41, 5.74) is 4.97. The third-order valence-electron chi connectivity index (χ3n) is 5.54. The van der Waals surface area contributed by atoms with Crippen LogP contribution in [0.1, 0.15) is 49.9 Å². The number of nitrogens with one attached hydrogen (secondary N) is 1. The number of aliphatic imine (C=N–C) groups is 1. The summed E-state index contributed by atoms with van der Waals surface area (Å²) in [7, 11) is 0. The minimum absolute atomic E-state index is 0.106. The predicted octanol–water partition coefficient (Wildman–Crippen LogP) is 4.62. The second-order valence-corrected chi connectivity index (χ2v) is 9.40. The molecule has 2 aromatic rings. The average Bonchev–Trinajstić information content (AvgIpc) is 3.19. The number of fused-ring (bicyclic) bond motifs is 1. The van der Waals surface area contributed by atoms with Crippen LogP contribution < -0.4 is 5.32 Å². The summed E-state index contributed by atoms with van der Waals surface area (Å²) < 4.78 is 5.58. The number of esters is 1. The first kappa shape index (κ1) is 23.8. The second kappa shape index (κ2) is 10.3. The molecule has 0 saturated heterocycles. The number of carbonyl (C=O) groups excluding carboxylic acids is 2. The summed E-state index contributed by atoms with van der Waals surface area (Å²) in [6.07, 6.45) is 3.32. The number of nitrogens with zero attached hydrogens (tertiary/aromatic N) is 3. The minimum Gasteiger partial charge on any atom is -0.459 e. The molecule has 4 rings (SSSR count). The van der Waals surface area contributed by atoms with Crippen molar-refractivity contribution in [3.05, 3.63) is 87.9 Å². The fourth-order valence-electron chi connectivity index (χ4n) is 3.90. The lowest BCUT2D eigenvalue weighted by atomic mass is 9.93. The van der Waals surface area contributed by atoms with E-state index in [2.05, 4.69) is 10.3 Å². The van der Waals surface area contributed by atoms with Crippen molar-refractivity contribution in [2.75, 3.05) is 0 Å². The number of carbonyl (C=O) groups is 2. The number of hydrogen-bond acceptors (Lipinski definition) is 7. The van der Waals surface area contributed by atoms with Gasteiger partial charge >= 0.3 is 5.97 Å². The highest BCUT2D eigenvalue weighted by molar-refractivity contribution is 8.16. The van der Waals surface area contributed by atoms with Crippen LogP contribution in [0.25, 0.3) is 0 Å². The quantitative estimate of drug-likeness (QED) is 0.587. The summed E-state index contributed by atoms with van der Waals surface area (Å²) in [5.74, 6) is -0.496. The normalized spacial score (nSPS) is 17.3. The number of pyridine rings is 1. The largest absolute Gasteiger partial charge is 0.459 e. The Hall–Kier alpha value is -3.39. The van der Waals surface area contributed by atoms with E-state index in [0.29, 0.717) is 17.8 Å². The fraction of sp³-hybridized carbons (Fsp3) is 0.308. The topological polar surface area (TPSA) is 83.9 Å². The highest BCUT2D eigenvalue weighted by atomic mass is 32.2. The zero-order valence-corrected chi connectivity index (χ0v) is 20.6. The van der Waals surface area contributed by atoms with E-state index in [4.69, 9.17) is 9.73 Å². The molecule has 2 aliphatic heterocycles. The molecule has 0 fully saturated rings. The molecule has 1 aromatic carbocycles. The van der Waals surface area contributed by atoms with Crippen molar-refractivity contribution in [1.82, 2.24) is 15.2 Å². The van der Waals surface area contributed by atoms with Gasteiger partial charge in [0.2, 0.25) is 5.91 Å². The smallest absolute Gasteiger partial charge is 0.338 e. The van der Waals surface area contributed by atoms with E-state index < -0.39 is 6.04 Å². The molecular formula is C26H28N4O3S. The van der Waals surface area contributed by atoms with Crippen LogP contribution in [-0.4, -0.2) is 33.0 Å². The van der Waals surface area contributed by atoms with Crippen LogP contribution in [0.5, 0.6) is 0 Å². The predicted molar refractivity (Wildman–Crippen MR) is 133 cm³/mol. The summed E-state index contributed by atoms with van der Waals surface area (Å²) in [6.45, 7) is 7.95. The molecule has 0 bridgehead atoms. The van der Waals surface area contributed by atoms with Gasteiger partial charge in [0.1, 0.15) is 0 Å². The molecule has 1 N–H and O–H groups in total. The van der Waals surface area contributed by atoms with E-state index >= 15 is 0 Å². The van der Waals surface area contributed by atoms with Gasteiger partial charge in [-0.15, -0.1) is 0 Å². The number of aryl methyl sites for hydroxylation is 1. The number of thioether (sulfide) groups is 1. The van der Waals surface area contributed by atoms with Gasteiger partial charge in [0.15, 0.2) is 5.17 Å². The molecule has 1 atom stereocenters. The van der Waals surface area contributed by atoms with Crippen LogP contribution >= 0.6 is 11.8 Å². The van der Waals surface area contributed by atoms with E-state index in [1.54, 1.807) is 12.4 Å². The van der Waals surface area contributed by atoms with Crippen molar-refractivity contribution in [3.8, 4) is 0 Å². The van der Waals surface area contributed by atoms with Crippen LogP contribution in [0.4, 0.5) is 0 Å². The molecule has 1 aromatic heterocycles. The van der Waals surface area contributed by atoms with Crippen molar-refractivity contribution >= 4 is 28.8 Å². The van der Waals surface area contributed by atoms with Gasteiger partial charge in [-0.25, -0.2) is 9.79 Å².